The molecule has 1 aromatic rings. The van der Waals surface area contributed by atoms with Crippen LogP contribution in [0.3, 0.4) is 0 Å². The topological polar surface area (TPSA) is 52.0 Å². The molecular weight excluding hydrogens is 200 g/mol. The highest BCUT2D eigenvalue weighted by Gasteiger charge is 2.25. The molecule has 0 aromatic carbocycles. The largest absolute Gasteiger partial charge is 0.268 e. The van der Waals surface area contributed by atoms with E-state index in [1.54, 1.807) is 4.68 Å². The average Bonchev–Trinajstić information content (AvgIpc) is 2.66. The lowest BCUT2D eigenvalue weighted by molar-refractivity contribution is 0.608. The van der Waals surface area contributed by atoms with Crippen molar-refractivity contribution in [2.24, 2.45) is 0 Å². The highest BCUT2D eigenvalue weighted by atomic mass is 35.7. The first kappa shape index (κ1) is 8.07. The van der Waals surface area contributed by atoms with E-state index in [-0.39, 0.29) is 4.90 Å². The Morgan fingerprint density at radius 3 is 2.67 bits per heavy atom. The van der Waals surface area contributed by atoms with Gasteiger partial charge in [0.1, 0.15) is 4.90 Å². The molecule has 12 heavy (non-hydrogen) atoms. The average molecular weight is 207 g/mol. The molecule has 1 aliphatic carbocycles. The summed E-state index contributed by atoms with van der Waals surface area (Å²) in [7, 11) is 1.52. The van der Waals surface area contributed by atoms with Crippen LogP contribution in [0.5, 0.6) is 0 Å². The third-order valence-corrected chi connectivity index (χ3v) is 3.09. The van der Waals surface area contributed by atoms with Crippen LogP contribution in [-0.2, 0) is 9.05 Å². The molecule has 0 unspecified atom stereocenters. The maximum Gasteiger partial charge on any atom is 0.264 e. The fourth-order valence-electron chi connectivity index (χ4n) is 0.985. The second-order valence-corrected chi connectivity index (χ2v) is 5.39. The third kappa shape index (κ3) is 1.47. The Bertz CT molecular complexity index is 393. The Morgan fingerprint density at radius 2 is 2.25 bits per heavy atom. The van der Waals surface area contributed by atoms with Crippen molar-refractivity contribution in [2.75, 3.05) is 0 Å². The van der Waals surface area contributed by atoms with E-state index in [4.69, 9.17) is 10.7 Å². The minimum atomic E-state index is -3.60. The molecular formula is C6H7ClN2O2S. The predicted octanol–water partition coefficient (Wildman–Crippen LogP) is 1.15. The SMILES string of the molecule is O=S(=O)(Cl)c1cnn(C2CC2)c1. The van der Waals surface area contributed by atoms with Crippen LogP contribution >= 0.6 is 10.7 Å². The number of rotatable bonds is 2. The van der Waals surface area contributed by atoms with Gasteiger partial charge in [0, 0.05) is 16.9 Å². The Balaban J connectivity index is 2.35. The van der Waals surface area contributed by atoms with Crippen molar-refractivity contribution in [1.82, 2.24) is 9.78 Å². The lowest BCUT2D eigenvalue weighted by Crippen LogP contribution is -1.92. The number of hydrogen-bond acceptors (Lipinski definition) is 3. The smallest absolute Gasteiger partial charge is 0.264 e. The summed E-state index contributed by atoms with van der Waals surface area (Å²) in [5.41, 5.74) is 0. The van der Waals surface area contributed by atoms with Gasteiger partial charge in [0.05, 0.1) is 12.2 Å². The van der Waals surface area contributed by atoms with Gasteiger partial charge in [-0.1, -0.05) is 0 Å². The third-order valence-electron chi connectivity index (χ3n) is 1.78. The second-order valence-electron chi connectivity index (χ2n) is 2.83. The van der Waals surface area contributed by atoms with Crippen LogP contribution in [0.15, 0.2) is 17.3 Å². The summed E-state index contributed by atoms with van der Waals surface area (Å²) in [6.07, 6.45) is 4.90. The Morgan fingerprint density at radius 1 is 1.58 bits per heavy atom. The molecule has 0 atom stereocenters. The Kier molecular flexibility index (Phi) is 1.66. The van der Waals surface area contributed by atoms with Gasteiger partial charge < -0.3 is 0 Å². The van der Waals surface area contributed by atoms with Gasteiger partial charge in [-0.15, -0.1) is 0 Å². The minimum Gasteiger partial charge on any atom is -0.268 e. The van der Waals surface area contributed by atoms with Crippen molar-refractivity contribution >= 4 is 19.7 Å². The molecule has 1 aromatic heterocycles. The lowest BCUT2D eigenvalue weighted by Gasteiger charge is -1.92. The fourth-order valence-corrected chi connectivity index (χ4v) is 1.63. The summed E-state index contributed by atoms with van der Waals surface area (Å²) in [6.45, 7) is 0. The molecule has 1 fully saturated rings. The first-order chi connectivity index (χ1) is 5.57. The van der Waals surface area contributed by atoms with Crippen molar-refractivity contribution in [2.45, 2.75) is 23.8 Å². The maximum absolute atomic E-state index is 10.8. The van der Waals surface area contributed by atoms with Crippen LogP contribution in [-0.4, -0.2) is 18.2 Å². The molecule has 4 nitrogen and oxygen atoms in total. The van der Waals surface area contributed by atoms with Crippen molar-refractivity contribution in [3.63, 3.8) is 0 Å². The highest BCUT2D eigenvalue weighted by Crippen LogP contribution is 2.34. The van der Waals surface area contributed by atoms with E-state index >= 15 is 0 Å². The van der Waals surface area contributed by atoms with Gasteiger partial charge in [-0.3, -0.25) is 4.68 Å². The van der Waals surface area contributed by atoms with Gasteiger partial charge >= 0.3 is 0 Å². The van der Waals surface area contributed by atoms with Crippen LogP contribution in [0.2, 0.25) is 0 Å². The zero-order valence-electron chi connectivity index (χ0n) is 6.14. The molecule has 0 saturated heterocycles. The molecule has 0 radical (unpaired) electrons. The first-order valence-corrected chi connectivity index (χ1v) is 5.87. The monoisotopic (exact) mass is 206 g/mol. The minimum absolute atomic E-state index is 0.0797. The molecule has 0 amide bonds. The first-order valence-electron chi connectivity index (χ1n) is 3.56. The zero-order valence-corrected chi connectivity index (χ0v) is 7.72. The molecule has 1 aliphatic rings. The summed E-state index contributed by atoms with van der Waals surface area (Å²) in [6, 6.07) is 0.386. The van der Waals surface area contributed by atoms with Gasteiger partial charge in [-0.05, 0) is 12.8 Å². The van der Waals surface area contributed by atoms with Crippen LogP contribution in [0.4, 0.5) is 0 Å². The van der Waals surface area contributed by atoms with Crippen LogP contribution in [0, 0.1) is 0 Å². The van der Waals surface area contributed by atoms with E-state index in [9.17, 15) is 8.42 Å². The number of hydrogen-bond donors (Lipinski definition) is 0. The van der Waals surface area contributed by atoms with Gasteiger partial charge in [0.2, 0.25) is 0 Å². The van der Waals surface area contributed by atoms with Crippen LogP contribution in [0.25, 0.3) is 0 Å². The van der Waals surface area contributed by atoms with Gasteiger partial charge in [-0.2, -0.15) is 5.10 Å². The van der Waals surface area contributed by atoms with E-state index in [0.29, 0.717) is 6.04 Å². The van der Waals surface area contributed by atoms with Gasteiger partial charge in [0.15, 0.2) is 0 Å². The Labute approximate surface area is 74.6 Å². The normalized spacial score (nSPS) is 18.1. The number of nitrogens with zero attached hydrogens (tertiary/aromatic N) is 2. The number of halogens is 1. The van der Waals surface area contributed by atoms with E-state index < -0.39 is 9.05 Å². The molecule has 0 spiro atoms. The van der Waals surface area contributed by atoms with Crippen molar-refractivity contribution < 1.29 is 8.42 Å². The maximum atomic E-state index is 10.8. The van der Waals surface area contributed by atoms with E-state index in [0.717, 1.165) is 12.8 Å². The highest BCUT2D eigenvalue weighted by molar-refractivity contribution is 8.13. The van der Waals surface area contributed by atoms with Crippen molar-refractivity contribution in [3.05, 3.63) is 12.4 Å². The molecule has 0 aliphatic heterocycles. The van der Waals surface area contributed by atoms with Crippen molar-refractivity contribution in [3.8, 4) is 0 Å². The van der Waals surface area contributed by atoms with E-state index in [1.807, 2.05) is 0 Å². The van der Waals surface area contributed by atoms with Crippen LogP contribution in [0.1, 0.15) is 18.9 Å². The van der Waals surface area contributed by atoms with E-state index in [1.165, 1.54) is 12.4 Å². The van der Waals surface area contributed by atoms with Gasteiger partial charge in [-0.25, -0.2) is 8.42 Å². The molecule has 66 valence electrons. The summed E-state index contributed by atoms with van der Waals surface area (Å²) < 4.78 is 23.3. The molecule has 0 bridgehead atoms. The quantitative estimate of drug-likeness (QED) is 0.682. The van der Waals surface area contributed by atoms with Gasteiger partial charge in [0.25, 0.3) is 9.05 Å². The zero-order chi connectivity index (χ0) is 8.77. The molecule has 2 rings (SSSR count). The summed E-state index contributed by atoms with van der Waals surface area (Å²) in [4.78, 5) is 0.0797. The Hall–Kier alpha value is -0.550. The predicted molar refractivity (Wildman–Crippen MR) is 43.5 cm³/mol. The summed E-state index contributed by atoms with van der Waals surface area (Å²) >= 11 is 0. The van der Waals surface area contributed by atoms with E-state index in [2.05, 4.69) is 5.10 Å². The second kappa shape index (κ2) is 2.47. The van der Waals surface area contributed by atoms with Crippen molar-refractivity contribution in [1.29, 1.82) is 0 Å². The molecule has 0 N–H and O–H groups in total. The lowest BCUT2D eigenvalue weighted by atomic mass is 10.7. The summed E-state index contributed by atoms with van der Waals surface area (Å²) in [5.74, 6) is 0. The molecule has 1 heterocycles. The fraction of sp³-hybridized carbons (Fsp3) is 0.500. The van der Waals surface area contributed by atoms with Crippen LogP contribution < -0.4 is 0 Å². The molecule has 1 saturated carbocycles. The summed E-state index contributed by atoms with van der Waals surface area (Å²) in [5, 5.41) is 3.90. The molecule has 6 heteroatoms. The number of aromatic nitrogens is 2. The standard InChI is InChI=1S/C6H7ClN2O2S/c7-12(10,11)6-3-8-9(4-6)5-1-2-5/h3-5H,1-2H2.